The minimum Gasteiger partial charge on any atom is -0.494 e. The Labute approximate surface area is 165 Å². The fourth-order valence-electron chi connectivity index (χ4n) is 2.27. The number of halogens is 13. The third kappa shape index (κ3) is 4.51. The second kappa shape index (κ2) is 8.20. The van der Waals surface area contributed by atoms with Crippen LogP contribution in [0.5, 0.6) is 5.75 Å². The fraction of sp³-hybridized carbons (Fsp3) is 0.625. The standard InChI is InChI=1S/C16H13F13O2/c1-2-31-9-5-3-4-8(6-9)10(30)7-11(17,18)12(19,20)13(21,22)14(23,24)15(25,26)16(27,28)29/h3-6,10,30H,2,7H2,1H3. The highest BCUT2D eigenvalue weighted by atomic mass is 19.4. The van der Waals surface area contributed by atoms with Gasteiger partial charge < -0.3 is 9.84 Å². The summed E-state index contributed by atoms with van der Waals surface area (Å²) >= 11 is 0. The normalized spacial score (nSPS) is 15.7. The van der Waals surface area contributed by atoms with Crippen LogP contribution in [0.4, 0.5) is 57.1 Å². The molecule has 1 aromatic rings. The highest BCUT2D eigenvalue weighted by molar-refractivity contribution is 5.30. The summed E-state index contributed by atoms with van der Waals surface area (Å²) in [6.07, 6.45) is -12.9. The predicted octanol–water partition coefficient (Wildman–Crippen LogP) is 6.25. The van der Waals surface area contributed by atoms with Gasteiger partial charge in [0.05, 0.1) is 12.7 Å². The Kier molecular flexibility index (Phi) is 7.17. The van der Waals surface area contributed by atoms with Crippen molar-refractivity contribution in [2.75, 3.05) is 6.61 Å². The van der Waals surface area contributed by atoms with E-state index in [4.69, 9.17) is 4.74 Å². The Balaban J connectivity index is 3.32. The van der Waals surface area contributed by atoms with Crippen LogP contribution in [0.15, 0.2) is 24.3 Å². The topological polar surface area (TPSA) is 29.5 Å². The van der Waals surface area contributed by atoms with E-state index in [9.17, 15) is 62.2 Å². The quantitative estimate of drug-likeness (QED) is 0.420. The van der Waals surface area contributed by atoms with Crippen LogP contribution in [-0.2, 0) is 0 Å². The van der Waals surface area contributed by atoms with E-state index in [2.05, 4.69) is 0 Å². The van der Waals surface area contributed by atoms with E-state index in [1.807, 2.05) is 0 Å². The Bertz CT molecular complexity index is 758. The lowest BCUT2D eigenvalue weighted by molar-refractivity contribution is -0.440. The maximum absolute atomic E-state index is 13.8. The lowest BCUT2D eigenvalue weighted by Crippen LogP contribution is -2.70. The van der Waals surface area contributed by atoms with Gasteiger partial charge >= 0.3 is 35.8 Å². The van der Waals surface area contributed by atoms with Gasteiger partial charge in [0.1, 0.15) is 5.75 Å². The first-order chi connectivity index (χ1) is 13.7. The van der Waals surface area contributed by atoms with Crippen molar-refractivity contribution in [3.8, 4) is 5.75 Å². The van der Waals surface area contributed by atoms with Gasteiger partial charge in [0.25, 0.3) is 0 Å². The van der Waals surface area contributed by atoms with Crippen LogP contribution in [0.2, 0.25) is 0 Å². The molecule has 0 aliphatic carbocycles. The van der Waals surface area contributed by atoms with Crippen molar-refractivity contribution in [3.63, 3.8) is 0 Å². The van der Waals surface area contributed by atoms with Crippen molar-refractivity contribution in [1.82, 2.24) is 0 Å². The predicted molar refractivity (Wildman–Crippen MR) is 78.0 cm³/mol. The van der Waals surface area contributed by atoms with Crippen molar-refractivity contribution < 1.29 is 66.9 Å². The Morgan fingerprint density at radius 2 is 1.26 bits per heavy atom. The summed E-state index contributed by atoms with van der Waals surface area (Å²) in [5, 5.41) is 9.64. The minimum atomic E-state index is -7.97. The van der Waals surface area contributed by atoms with Gasteiger partial charge in [-0.3, -0.25) is 0 Å². The fourth-order valence-corrected chi connectivity index (χ4v) is 2.27. The van der Waals surface area contributed by atoms with E-state index in [0.29, 0.717) is 0 Å². The molecule has 0 aromatic heterocycles. The molecule has 0 aliphatic rings. The summed E-state index contributed by atoms with van der Waals surface area (Å²) in [5.74, 6) is -37.5. The Hall–Kier alpha value is -1.93. The zero-order valence-electron chi connectivity index (χ0n) is 15.1. The van der Waals surface area contributed by atoms with Gasteiger partial charge in [-0.25, -0.2) is 0 Å². The van der Waals surface area contributed by atoms with Gasteiger partial charge in [-0.2, -0.15) is 57.1 Å². The van der Waals surface area contributed by atoms with E-state index in [-0.39, 0.29) is 12.4 Å². The number of ether oxygens (including phenoxy) is 1. The molecule has 0 spiro atoms. The second-order valence-corrected chi connectivity index (χ2v) is 6.23. The van der Waals surface area contributed by atoms with E-state index in [1.165, 1.54) is 13.0 Å². The first-order valence-electron chi connectivity index (χ1n) is 8.04. The molecule has 1 atom stereocenters. The average Bonchev–Trinajstić information content (AvgIpc) is 2.60. The molecular formula is C16H13F13O2. The molecule has 15 heteroatoms. The van der Waals surface area contributed by atoms with Crippen LogP contribution >= 0.6 is 0 Å². The van der Waals surface area contributed by atoms with E-state index in [0.717, 1.165) is 18.2 Å². The second-order valence-electron chi connectivity index (χ2n) is 6.23. The molecule has 0 saturated heterocycles. The van der Waals surface area contributed by atoms with Crippen molar-refractivity contribution in [2.45, 2.75) is 55.2 Å². The number of aliphatic hydroxyl groups is 1. The molecule has 1 N–H and O–H groups in total. The first kappa shape index (κ1) is 27.1. The first-order valence-corrected chi connectivity index (χ1v) is 8.04. The highest BCUT2D eigenvalue weighted by Crippen LogP contribution is 2.61. The third-order valence-corrected chi connectivity index (χ3v) is 4.00. The molecule has 0 radical (unpaired) electrons. The summed E-state index contributed by atoms with van der Waals surface area (Å²) in [5.41, 5.74) is -0.642. The maximum atomic E-state index is 13.8. The number of rotatable bonds is 9. The van der Waals surface area contributed by atoms with E-state index in [1.54, 1.807) is 0 Å². The van der Waals surface area contributed by atoms with E-state index < -0.39 is 53.9 Å². The molecule has 0 heterocycles. The molecule has 0 bridgehead atoms. The lowest BCUT2D eigenvalue weighted by Gasteiger charge is -2.40. The average molecular weight is 484 g/mol. The molecule has 1 aromatic carbocycles. The molecule has 0 aliphatic heterocycles. The van der Waals surface area contributed by atoms with Gasteiger partial charge in [-0.05, 0) is 24.6 Å². The number of benzene rings is 1. The van der Waals surface area contributed by atoms with Gasteiger partial charge in [0.2, 0.25) is 0 Å². The molecule has 1 rings (SSSR count). The summed E-state index contributed by atoms with van der Waals surface area (Å²) < 4.78 is 175. The number of alkyl halides is 13. The molecule has 1 unspecified atom stereocenters. The molecule has 31 heavy (non-hydrogen) atoms. The van der Waals surface area contributed by atoms with Crippen LogP contribution in [0.3, 0.4) is 0 Å². The summed E-state index contributed by atoms with van der Waals surface area (Å²) in [6.45, 7) is 1.49. The summed E-state index contributed by atoms with van der Waals surface area (Å²) in [6, 6.07) is 3.88. The monoisotopic (exact) mass is 484 g/mol. The van der Waals surface area contributed by atoms with Crippen LogP contribution in [0.25, 0.3) is 0 Å². The molecular weight excluding hydrogens is 471 g/mol. The summed E-state index contributed by atoms with van der Waals surface area (Å²) in [7, 11) is 0. The van der Waals surface area contributed by atoms with Gasteiger partial charge in [0.15, 0.2) is 0 Å². The zero-order valence-corrected chi connectivity index (χ0v) is 15.1. The number of aliphatic hydroxyl groups excluding tert-OH is 1. The third-order valence-electron chi connectivity index (χ3n) is 4.00. The largest absolute Gasteiger partial charge is 0.494 e. The molecule has 180 valence electrons. The van der Waals surface area contributed by atoms with Crippen molar-refractivity contribution in [3.05, 3.63) is 29.8 Å². The van der Waals surface area contributed by atoms with Crippen LogP contribution in [-0.4, -0.2) is 47.5 Å². The molecule has 0 amide bonds. The number of hydrogen-bond acceptors (Lipinski definition) is 2. The zero-order chi connectivity index (χ0) is 24.7. The number of hydrogen-bond donors (Lipinski definition) is 1. The van der Waals surface area contributed by atoms with Crippen molar-refractivity contribution in [1.29, 1.82) is 0 Å². The maximum Gasteiger partial charge on any atom is 0.460 e. The molecule has 2 nitrogen and oxygen atoms in total. The minimum absolute atomic E-state index is 0.0164. The van der Waals surface area contributed by atoms with Crippen LogP contribution in [0.1, 0.15) is 25.0 Å². The van der Waals surface area contributed by atoms with E-state index >= 15 is 0 Å². The Morgan fingerprint density at radius 1 is 0.774 bits per heavy atom. The lowest BCUT2D eigenvalue weighted by atomic mass is 9.90. The van der Waals surface area contributed by atoms with Gasteiger partial charge in [0, 0.05) is 6.42 Å². The highest BCUT2D eigenvalue weighted by Gasteiger charge is 2.90. The Morgan fingerprint density at radius 3 is 1.71 bits per heavy atom. The van der Waals surface area contributed by atoms with Crippen LogP contribution < -0.4 is 4.74 Å². The SMILES string of the molecule is CCOc1cccc(C(O)CC(F)(F)C(F)(F)C(F)(F)C(F)(F)C(F)(F)C(F)(F)F)c1. The molecule has 0 fully saturated rings. The van der Waals surface area contributed by atoms with Crippen molar-refractivity contribution >= 4 is 0 Å². The van der Waals surface area contributed by atoms with Crippen LogP contribution in [0, 0.1) is 0 Å². The summed E-state index contributed by atoms with van der Waals surface area (Å²) in [4.78, 5) is 0. The molecule has 0 saturated carbocycles. The van der Waals surface area contributed by atoms with Gasteiger partial charge in [-0.15, -0.1) is 0 Å². The van der Waals surface area contributed by atoms with Gasteiger partial charge in [-0.1, -0.05) is 12.1 Å². The smallest absolute Gasteiger partial charge is 0.460 e. The van der Waals surface area contributed by atoms with Crippen molar-refractivity contribution in [2.24, 2.45) is 0 Å².